The van der Waals surface area contributed by atoms with Crippen LogP contribution in [0.4, 0.5) is 0 Å². The summed E-state index contributed by atoms with van der Waals surface area (Å²) in [6.45, 7) is 0.583. The van der Waals surface area contributed by atoms with Crippen LogP contribution in [0.1, 0.15) is 5.56 Å². The predicted octanol–water partition coefficient (Wildman–Crippen LogP) is 2.69. The van der Waals surface area contributed by atoms with Gasteiger partial charge in [-0.3, -0.25) is 0 Å². The fraction of sp³-hybridized carbons (Fsp3) is 0.100. The lowest BCUT2D eigenvalue weighted by Crippen LogP contribution is -1.95. The second kappa shape index (κ2) is 5.10. The maximum atomic E-state index is 5.56. The number of nitrogens with two attached hydrogens (primary N) is 1. The lowest BCUT2D eigenvalue weighted by Gasteiger charge is -1.99. The van der Waals surface area contributed by atoms with Gasteiger partial charge in [0, 0.05) is 23.7 Å². The van der Waals surface area contributed by atoms with Crippen LogP contribution < -0.4 is 5.73 Å². The summed E-state index contributed by atoms with van der Waals surface area (Å²) in [7, 11) is 0. The molecule has 0 atom stereocenters. The van der Waals surface area contributed by atoms with E-state index in [1.807, 2.05) is 23.7 Å². The molecule has 74 valence electrons. The molecule has 2 N–H and O–H groups in total. The Kier molecular flexibility index (Phi) is 4.07. The van der Waals surface area contributed by atoms with Gasteiger partial charge in [0.2, 0.25) is 0 Å². The van der Waals surface area contributed by atoms with Crippen molar-refractivity contribution in [1.29, 1.82) is 0 Å². The molecule has 0 aliphatic carbocycles. The molecule has 0 aliphatic rings. The Bertz CT molecular complexity index is 387. The predicted molar refractivity (Wildman–Crippen MR) is 62.7 cm³/mol. The number of halogens is 1. The van der Waals surface area contributed by atoms with Gasteiger partial charge in [-0.05, 0) is 11.6 Å². The standard InChI is InChI=1S/C10H10N2S.ClH/c11-7-8-2-1-3-9(6-8)10-12-4-5-13-10;/h1-6H,7,11H2;1H. The van der Waals surface area contributed by atoms with Gasteiger partial charge in [-0.1, -0.05) is 18.2 Å². The van der Waals surface area contributed by atoms with Crippen LogP contribution in [0.25, 0.3) is 10.6 Å². The monoisotopic (exact) mass is 226 g/mol. The Morgan fingerprint density at radius 2 is 2.21 bits per heavy atom. The minimum absolute atomic E-state index is 0. The molecule has 0 fully saturated rings. The van der Waals surface area contributed by atoms with Crippen molar-refractivity contribution >= 4 is 23.7 Å². The van der Waals surface area contributed by atoms with Crippen molar-refractivity contribution in [2.45, 2.75) is 6.54 Å². The van der Waals surface area contributed by atoms with Crippen LogP contribution in [0.2, 0.25) is 0 Å². The molecule has 2 aromatic rings. The quantitative estimate of drug-likeness (QED) is 0.855. The Labute approximate surface area is 93.2 Å². The van der Waals surface area contributed by atoms with E-state index in [0.717, 1.165) is 16.1 Å². The molecule has 4 heteroatoms. The average molecular weight is 227 g/mol. The number of hydrogen-bond donors (Lipinski definition) is 1. The molecule has 0 radical (unpaired) electrons. The molecule has 2 rings (SSSR count). The number of nitrogens with zero attached hydrogens (tertiary/aromatic N) is 1. The highest BCUT2D eigenvalue weighted by Crippen LogP contribution is 2.22. The normalized spacial score (nSPS) is 9.50. The van der Waals surface area contributed by atoms with Crippen LogP contribution in [0.3, 0.4) is 0 Å². The molecule has 0 saturated heterocycles. The minimum atomic E-state index is 0. The average Bonchev–Trinajstić information content (AvgIpc) is 2.71. The van der Waals surface area contributed by atoms with E-state index in [2.05, 4.69) is 17.1 Å². The van der Waals surface area contributed by atoms with Crippen molar-refractivity contribution in [1.82, 2.24) is 4.98 Å². The molecule has 1 aromatic carbocycles. The third-order valence-corrected chi connectivity index (χ3v) is 2.66. The highest BCUT2D eigenvalue weighted by Gasteiger charge is 1.99. The number of thiazole rings is 1. The maximum Gasteiger partial charge on any atom is 0.123 e. The summed E-state index contributed by atoms with van der Waals surface area (Å²) >= 11 is 1.64. The fourth-order valence-corrected chi connectivity index (χ4v) is 1.83. The molecule has 0 aliphatic heterocycles. The molecular weight excluding hydrogens is 216 g/mol. The summed E-state index contributed by atoms with van der Waals surface area (Å²) in [5.41, 5.74) is 7.85. The van der Waals surface area contributed by atoms with E-state index in [1.54, 1.807) is 11.3 Å². The Morgan fingerprint density at radius 3 is 2.86 bits per heavy atom. The summed E-state index contributed by atoms with van der Waals surface area (Å²) in [6.07, 6.45) is 1.81. The molecule has 1 heterocycles. The first-order chi connectivity index (χ1) is 6.40. The highest BCUT2D eigenvalue weighted by molar-refractivity contribution is 7.13. The van der Waals surface area contributed by atoms with Crippen LogP contribution in [0, 0.1) is 0 Å². The third-order valence-electron chi connectivity index (χ3n) is 1.84. The smallest absolute Gasteiger partial charge is 0.123 e. The number of benzene rings is 1. The van der Waals surface area contributed by atoms with Gasteiger partial charge >= 0.3 is 0 Å². The molecule has 0 bridgehead atoms. The van der Waals surface area contributed by atoms with E-state index in [0.29, 0.717) is 6.54 Å². The number of rotatable bonds is 2. The molecule has 0 spiro atoms. The lowest BCUT2D eigenvalue weighted by atomic mass is 10.1. The van der Waals surface area contributed by atoms with Gasteiger partial charge in [0.25, 0.3) is 0 Å². The zero-order chi connectivity index (χ0) is 9.10. The number of aromatic nitrogens is 1. The van der Waals surface area contributed by atoms with E-state index in [-0.39, 0.29) is 12.4 Å². The summed E-state index contributed by atoms with van der Waals surface area (Å²) in [5, 5.41) is 3.03. The second-order valence-electron chi connectivity index (χ2n) is 2.74. The molecule has 0 saturated carbocycles. The van der Waals surface area contributed by atoms with Gasteiger partial charge in [-0.15, -0.1) is 23.7 Å². The van der Waals surface area contributed by atoms with Gasteiger partial charge in [-0.2, -0.15) is 0 Å². The molecular formula is C10H11ClN2S. The maximum absolute atomic E-state index is 5.56. The first-order valence-corrected chi connectivity index (χ1v) is 4.97. The van der Waals surface area contributed by atoms with E-state index in [4.69, 9.17) is 5.73 Å². The second-order valence-corrected chi connectivity index (χ2v) is 3.64. The molecule has 0 unspecified atom stereocenters. The Balaban J connectivity index is 0.000000980. The van der Waals surface area contributed by atoms with Crippen LogP contribution in [-0.4, -0.2) is 4.98 Å². The first-order valence-electron chi connectivity index (χ1n) is 4.09. The molecule has 0 amide bonds. The zero-order valence-corrected chi connectivity index (χ0v) is 9.15. The van der Waals surface area contributed by atoms with Crippen LogP contribution in [0.15, 0.2) is 35.8 Å². The summed E-state index contributed by atoms with van der Waals surface area (Å²) in [5.74, 6) is 0. The van der Waals surface area contributed by atoms with Gasteiger partial charge in [0.05, 0.1) is 0 Å². The fourth-order valence-electron chi connectivity index (χ4n) is 1.20. The van der Waals surface area contributed by atoms with Crippen molar-refractivity contribution in [2.75, 3.05) is 0 Å². The van der Waals surface area contributed by atoms with Crippen LogP contribution >= 0.6 is 23.7 Å². The van der Waals surface area contributed by atoms with Gasteiger partial charge < -0.3 is 5.73 Å². The summed E-state index contributed by atoms with van der Waals surface area (Å²) in [4.78, 5) is 4.24. The van der Waals surface area contributed by atoms with E-state index in [9.17, 15) is 0 Å². The van der Waals surface area contributed by atoms with Crippen molar-refractivity contribution < 1.29 is 0 Å². The van der Waals surface area contributed by atoms with Crippen molar-refractivity contribution in [3.05, 3.63) is 41.4 Å². The summed E-state index contributed by atoms with van der Waals surface area (Å²) < 4.78 is 0. The van der Waals surface area contributed by atoms with E-state index in [1.165, 1.54) is 0 Å². The Hall–Kier alpha value is -0.900. The zero-order valence-electron chi connectivity index (χ0n) is 7.51. The summed E-state index contributed by atoms with van der Waals surface area (Å²) in [6, 6.07) is 8.17. The van der Waals surface area contributed by atoms with Crippen molar-refractivity contribution in [2.24, 2.45) is 5.73 Å². The topological polar surface area (TPSA) is 38.9 Å². The van der Waals surface area contributed by atoms with Crippen molar-refractivity contribution in [3.8, 4) is 10.6 Å². The third kappa shape index (κ3) is 2.32. The van der Waals surface area contributed by atoms with Gasteiger partial charge in [0.15, 0.2) is 0 Å². The van der Waals surface area contributed by atoms with Crippen LogP contribution in [0.5, 0.6) is 0 Å². The number of hydrogen-bond acceptors (Lipinski definition) is 3. The molecule has 1 aromatic heterocycles. The highest BCUT2D eigenvalue weighted by atomic mass is 35.5. The van der Waals surface area contributed by atoms with Gasteiger partial charge in [0.1, 0.15) is 5.01 Å². The Morgan fingerprint density at radius 1 is 1.36 bits per heavy atom. The van der Waals surface area contributed by atoms with E-state index >= 15 is 0 Å². The minimum Gasteiger partial charge on any atom is -0.326 e. The van der Waals surface area contributed by atoms with Gasteiger partial charge in [-0.25, -0.2) is 4.98 Å². The molecule has 2 nitrogen and oxygen atoms in total. The van der Waals surface area contributed by atoms with Crippen molar-refractivity contribution in [3.63, 3.8) is 0 Å². The SMILES string of the molecule is Cl.NCc1cccc(-c2nccs2)c1. The molecule has 14 heavy (non-hydrogen) atoms. The first kappa shape index (κ1) is 11.2. The largest absolute Gasteiger partial charge is 0.326 e. The van der Waals surface area contributed by atoms with E-state index < -0.39 is 0 Å². The van der Waals surface area contributed by atoms with Crippen LogP contribution in [-0.2, 0) is 6.54 Å². The lowest BCUT2D eigenvalue weighted by molar-refractivity contribution is 1.07.